The number of benzene rings is 1. The molecule has 0 aliphatic carbocycles. The number of aromatic nitrogens is 4. The standard InChI is InChI=1S/C18H20N6O4S/c1-9(2)16-23-24-17(28-16)12-8-20-18(22-15(12)19)21-10-3-4-14-11(7-10)13(25)5-6-29(14,26)27/h3-4,7-9,13,25H,5-6H2,1-2H3,(H3,19,20,21,22). The Bertz CT molecular complexity index is 1170. The Morgan fingerprint density at radius 2 is 2.10 bits per heavy atom. The van der Waals surface area contributed by atoms with Crippen molar-refractivity contribution in [2.24, 2.45) is 0 Å². The zero-order chi connectivity index (χ0) is 20.8. The minimum Gasteiger partial charge on any atom is -0.420 e. The first-order chi connectivity index (χ1) is 13.7. The number of aliphatic hydroxyl groups is 1. The molecule has 0 bridgehead atoms. The Morgan fingerprint density at radius 3 is 2.79 bits per heavy atom. The van der Waals surface area contributed by atoms with Crippen LogP contribution in [0.15, 0.2) is 33.7 Å². The van der Waals surface area contributed by atoms with Crippen LogP contribution < -0.4 is 11.1 Å². The molecule has 0 fully saturated rings. The van der Waals surface area contributed by atoms with Gasteiger partial charge in [0.2, 0.25) is 11.8 Å². The molecular weight excluding hydrogens is 396 g/mol. The van der Waals surface area contributed by atoms with Crippen LogP contribution in [0, 0.1) is 0 Å². The van der Waals surface area contributed by atoms with E-state index in [-0.39, 0.29) is 40.6 Å². The molecule has 2 aromatic heterocycles. The highest BCUT2D eigenvalue weighted by atomic mass is 32.2. The largest absolute Gasteiger partial charge is 0.420 e. The van der Waals surface area contributed by atoms with Crippen molar-refractivity contribution in [2.45, 2.75) is 37.2 Å². The van der Waals surface area contributed by atoms with Crippen LogP contribution in [-0.2, 0) is 9.84 Å². The highest BCUT2D eigenvalue weighted by Crippen LogP contribution is 2.34. The number of sulfone groups is 1. The van der Waals surface area contributed by atoms with Gasteiger partial charge >= 0.3 is 0 Å². The molecule has 0 radical (unpaired) electrons. The lowest BCUT2D eigenvalue weighted by atomic mass is 10.1. The first-order valence-electron chi connectivity index (χ1n) is 9.02. The molecule has 4 rings (SSSR count). The maximum absolute atomic E-state index is 12.2. The van der Waals surface area contributed by atoms with Gasteiger partial charge in [0.25, 0.3) is 5.89 Å². The van der Waals surface area contributed by atoms with E-state index < -0.39 is 15.9 Å². The number of nitrogens with one attached hydrogen (secondary N) is 1. The molecule has 0 saturated heterocycles. The third-order valence-electron chi connectivity index (χ3n) is 4.60. The molecule has 0 saturated carbocycles. The third-order valence-corrected chi connectivity index (χ3v) is 6.42. The van der Waals surface area contributed by atoms with Gasteiger partial charge in [0, 0.05) is 23.4 Å². The van der Waals surface area contributed by atoms with Crippen molar-refractivity contribution in [2.75, 3.05) is 16.8 Å². The second-order valence-corrected chi connectivity index (χ2v) is 9.17. The van der Waals surface area contributed by atoms with Gasteiger partial charge in [-0.25, -0.2) is 13.4 Å². The maximum Gasteiger partial charge on any atom is 0.253 e. The van der Waals surface area contributed by atoms with E-state index in [2.05, 4.69) is 25.5 Å². The predicted molar refractivity (Wildman–Crippen MR) is 105 cm³/mol. The van der Waals surface area contributed by atoms with Crippen LogP contribution in [0.3, 0.4) is 0 Å². The highest BCUT2D eigenvalue weighted by Gasteiger charge is 2.29. The van der Waals surface area contributed by atoms with Crippen LogP contribution in [0.5, 0.6) is 0 Å². The third kappa shape index (κ3) is 3.66. The quantitative estimate of drug-likeness (QED) is 0.575. The molecule has 0 amide bonds. The molecule has 0 spiro atoms. The molecule has 1 aliphatic heterocycles. The smallest absolute Gasteiger partial charge is 0.253 e. The number of aliphatic hydroxyl groups excluding tert-OH is 1. The minimum absolute atomic E-state index is 0.0662. The van der Waals surface area contributed by atoms with Gasteiger partial charge in [0.1, 0.15) is 5.82 Å². The van der Waals surface area contributed by atoms with Crippen LogP contribution in [0.1, 0.15) is 43.7 Å². The number of hydrogen-bond donors (Lipinski definition) is 3. The Kier molecular flexibility index (Phi) is 4.71. The molecule has 1 unspecified atom stereocenters. The van der Waals surface area contributed by atoms with E-state index in [1.807, 2.05) is 13.8 Å². The van der Waals surface area contributed by atoms with Crippen molar-refractivity contribution in [3.8, 4) is 11.5 Å². The lowest BCUT2D eigenvalue weighted by Gasteiger charge is -2.22. The van der Waals surface area contributed by atoms with Crippen molar-refractivity contribution in [1.29, 1.82) is 0 Å². The van der Waals surface area contributed by atoms with E-state index in [1.54, 1.807) is 12.1 Å². The summed E-state index contributed by atoms with van der Waals surface area (Å²) in [7, 11) is -3.37. The van der Waals surface area contributed by atoms with E-state index in [4.69, 9.17) is 10.2 Å². The predicted octanol–water partition coefficient (Wildman–Crippen LogP) is 2.19. The molecule has 10 nitrogen and oxygen atoms in total. The number of nitrogens with zero attached hydrogens (tertiary/aromatic N) is 4. The lowest BCUT2D eigenvalue weighted by Crippen LogP contribution is -2.20. The van der Waals surface area contributed by atoms with Crippen LogP contribution >= 0.6 is 0 Å². The van der Waals surface area contributed by atoms with Crippen molar-refractivity contribution in [3.05, 3.63) is 35.9 Å². The molecule has 29 heavy (non-hydrogen) atoms. The average Bonchev–Trinajstić information content (AvgIpc) is 3.15. The fourth-order valence-corrected chi connectivity index (χ4v) is 4.61. The van der Waals surface area contributed by atoms with Crippen LogP contribution in [0.25, 0.3) is 11.5 Å². The number of nitrogens with two attached hydrogens (primary N) is 1. The van der Waals surface area contributed by atoms with Crippen LogP contribution in [0.4, 0.5) is 17.5 Å². The van der Waals surface area contributed by atoms with Crippen molar-refractivity contribution >= 4 is 27.3 Å². The van der Waals surface area contributed by atoms with Gasteiger partial charge in [0.05, 0.1) is 22.3 Å². The Labute approximate surface area is 167 Å². The summed E-state index contributed by atoms with van der Waals surface area (Å²) >= 11 is 0. The summed E-state index contributed by atoms with van der Waals surface area (Å²) in [6.45, 7) is 3.87. The topological polar surface area (TPSA) is 157 Å². The summed E-state index contributed by atoms with van der Waals surface area (Å²) in [6, 6.07) is 4.64. The summed E-state index contributed by atoms with van der Waals surface area (Å²) in [6.07, 6.45) is 0.802. The number of hydrogen-bond acceptors (Lipinski definition) is 10. The summed E-state index contributed by atoms with van der Waals surface area (Å²) in [4.78, 5) is 8.57. The van der Waals surface area contributed by atoms with Crippen LogP contribution in [-0.4, -0.2) is 39.4 Å². The lowest BCUT2D eigenvalue weighted by molar-refractivity contribution is 0.168. The molecule has 152 valence electrons. The number of anilines is 3. The Hall–Kier alpha value is -3.05. The fraction of sp³-hybridized carbons (Fsp3) is 0.333. The zero-order valence-electron chi connectivity index (χ0n) is 15.8. The minimum atomic E-state index is -3.37. The van der Waals surface area contributed by atoms with Crippen molar-refractivity contribution in [1.82, 2.24) is 20.2 Å². The Balaban J connectivity index is 1.60. The monoisotopic (exact) mass is 416 g/mol. The van der Waals surface area contributed by atoms with Crippen LogP contribution in [0.2, 0.25) is 0 Å². The molecule has 3 heterocycles. The molecule has 3 aromatic rings. The second kappa shape index (κ2) is 7.08. The van der Waals surface area contributed by atoms with Gasteiger partial charge in [-0.1, -0.05) is 13.8 Å². The average molecular weight is 416 g/mol. The molecule has 11 heteroatoms. The summed E-state index contributed by atoms with van der Waals surface area (Å²) < 4.78 is 29.9. The van der Waals surface area contributed by atoms with Gasteiger partial charge in [-0.05, 0) is 24.6 Å². The summed E-state index contributed by atoms with van der Waals surface area (Å²) in [5, 5.41) is 21.1. The van der Waals surface area contributed by atoms with Crippen molar-refractivity contribution in [3.63, 3.8) is 0 Å². The van der Waals surface area contributed by atoms with E-state index in [0.717, 1.165) is 0 Å². The second-order valence-electron chi connectivity index (χ2n) is 7.09. The summed E-state index contributed by atoms with van der Waals surface area (Å²) in [5.74, 6) is 1.11. The van der Waals surface area contributed by atoms with Crippen molar-refractivity contribution < 1.29 is 17.9 Å². The molecule has 1 aliphatic rings. The number of fused-ring (bicyclic) bond motifs is 1. The van der Waals surface area contributed by atoms with Gasteiger partial charge in [-0.3, -0.25) is 0 Å². The van der Waals surface area contributed by atoms with E-state index in [1.165, 1.54) is 12.3 Å². The van der Waals surface area contributed by atoms with E-state index in [0.29, 0.717) is 22.7 Å². The SMILES string of the molecule is CC(C)c1nnc(-c2cnc(Nc3ccc4c(c3)C(O)CCS4(=O)=O)nc2N)o1. The first kappa shape index (κ1) is 19.3. The normalized spacial score (nSPS) is 17.9. The first-order valence-corrected chi connectivity index (χ1v) is 10.7. The highest BCUT2D eigenvalue weighted by molar-refractivity contribution is 7.91. The van der Waals surface area contributed by atoms with E-state index in [9.17, 15) is 13.5 Å². The fourth-order valence-electron chi connectivity index (χ4n) is 3.03. The molecular formula is C18H20N6O4S. The number of rotatable bonds is 4. The van der Waals surface area contributed by atoms with Gasteiger partial charge in [-0.15, -0.1) is 10.2 Å². The zero-order valence-corrected chi connectivity index (χ0v) is 16.6. The molecule has 4 N–H and O–H groups in total. The number of nitrogen functional groups attached to an aromatic ring is 1. The molecule has 1 atom stereocenters. The van der Waals surface area contributed by atoms with Gasteiger partial charge in [-0.2, -0.15) is 4.98 Å². The van der Waals surface area contributed by atoms with E-state index >= 15 is 0 Å². The molecule has 1 aromatic carbocycles. The van der Waals surface area contributed by atoms with Gasteiger partial charge < -0.3 is 20.6 Å². The summed E-state index contributed by atoms with van der Waals surface area (Å²) in [5.41, 5.74) is 7.33. The maximum atomic E-state index is 12.2. The van der Waals surface area contributed by atoms with Gasteiger partial charge in [0.15, 0.2) is 9.84 Å². The Morgan fingerprint density at radius 1 is 1.31 bits per heavy atom.